The molecule has 0 aliphatic heterocycles. The zero-order valence-corrected chi connectivity index (χ0v) is 12.2. The van der Waals surface area contributed by atoms with Crippen LogP contribution in [-0.2, 0) is 14.8 Å². The average molecular weight is 303 g/mol. The van der Waals surface area contributed by atoms with Crippen LogP contribution < -0.4 is 5.32 Å². The Balaban J connectivity index is 3.09. The topological polar surface area (TPSA) is 116 Å². The quantitative estimate of drug-likeness (QED) is 0.622. The van der Waals surface area contributed by atoms with Gasteiger partial charge in [-0.25, -0.2) is 8.42 Å². The summed E-state index contributed by atoms with van der Waals surface area (Å²) in [5, 5.41) is 18.2. The van der Waals surface area contributed by atoms with Crippen LogP contribution in [0, 0.1) is 11.3 Å². The lowest BCUT2D eigenvalue weighted by Crippen LogP contribution is -2.37. The molecule has 19 heavy (non-hydrogen) atoms. The number of nitrogens with zero attached hydrogens (tertiary/aromatic N) is 4. The fourth-order valence-corrected chi connectivity index (χ4v) is 3.83. The Morgan fingerprint density at radius 2 is 2.16 bits per heavy atom. The van der Waals surface area contributed by atoms with Gasteiger partial charge < -0.3 is 5.32 Å². The van der Waals surface area contributed by atoms with E-state index in [1.54, 1.807) is 19.9 Å². The summed E-state index contributed by atoms with van der Waals surface area (Å²) in [4.78, 5) is 10.8. The largest absolute Gasteiger partial charge is 0.301 e. The lowest BCUT2D eigenvalue weighted by atomic mass is 10.4. The molecule has 0 radical (unpaired) electrons. The monoisotopic (exact) mass is 303 g/mol. The van der Waals surface area contributed by atoms with Gasteiger partial charge in [0.25, 0.3) is 10.0 Å². The number of carbonyl (C=O) groups excluding carboxylic acids is 1. The molecular weight excluding hydrogens is 290 g/mol. The summed E-state index contributed by atoms with van der Waals surface area (Å²) < 4.78 is 25.2. The summed E-state index contributed by atoms with van der Waals surface area (Å²) in [6.45, 7) is 4.33. The van der Waals surface area contributed by atoms with Gasteiger partial charge in [-0.2, -0.15) is 9.57 Å². The van der Waals surface area contributed by atoms with Gasteiger partial charge in [-0.3, -0.25) is 4.79 Å². The highest BCUT2D eigenvalue weighted by molar-refractivity contribution is 7.91. The fraction of sp³-hybridized carbons (Fsp3) is 0.556. The van der Waals surface area contributed by atoms with E-state index in [2.05, 4.69) is 15.5 Å². The molecule has 0 fully saturated rings. The lowest BCUT2D eigenvalue weighted by molar-refractivity contribution is -0.114. The Hall–Kier alpha value is -1.57. The molecule has 0 bridgehead atoms. The molecule has 10 heteroatoms. The van der Waals surface area contributed by atoms with Gasteiger partial charge in [0.2, 0.25) is 15.4 Å². The molecule has 104 valence electrons. The Morgan fingerprint density at radius 1 is 1.53 bits per heavy atom. The Bertz CT molecular complexity index is 602. The molecule has 0 saturated carbocycles. The smallest absolute Gasteiger partial charge is 0.273 e. The zero-order valence-electron chi connectivity index (χ0n) is 10.6. The second-order valence-corrected chi connectivity index (χ2v) is 6.90. The molecule has 0 aromatic carbocycles. The van der Waals surface area contributed by atoms with Crippen molar-refractivity contribution in [1.82, 2.24) is 14.5 Å². The summed E-state index contributed by atoms with van der Waals surface area (Å²) in [7, 11) is -3.87. The Labute approximate surface area is 115 Å². The van der Waals surface area contributed by atoms with E-state index in [1.807, 2.05) is 0 Å². The SMILES string of the molecule is CC(=O)Nc1nnc(S(=O)(=O)N(CC#N)C(C)C)s1. The van der Waals surface area contributed by atoms with Crippen molar-refractivity contribution in [3.05, 3.63) is 0 Å². The second kappa shape index (κ2) is 6.05. The molecule has 1 aromatic heterocycles. The van der Waals surface area contributed by atoms with Crippen molar-refractivity contribution < 1.29 is 13.2 Å². The van der Waals surface area contributed by atoms with Crippen LogP contribution in [0.3, 0.4) is 0 Å². The highest BCUT2D eigenvalue weighted by atomic mass is 32.2. The maximum absolute atomic E-state index is 12.2. The van der Waals surface area contributed by atoms with Gasteiger partial charge in [-0.1, -0.05) is 11.3 Å². The minimum absolute atomic E-state index is 0.103. The van der Waals surface area contributed by atoms with Crippen LogP contribution in [0.1, 0.15) is 20.8 Å². The Morgan fingerprint density at radius 3 is 2.63 bits per heavy atom. The summed E-state index contributed by atoms with van der Waals surface area (Å²) in [5.74, 6) is -0.363. The van der Waals surface area contributed by atoms with E-state index in [1.165, 1.54) is 6.92 Å². The van der Waals surface area contributed by atoms with Gasteiger partial charge in [0.1, 0.15) is 6.54 Å². The number of nitriles is 1. The number of hydrogen-bond acceptors (Lipinski definition) is 7. The van der Waals surface area contributed by atoms with Gasteiger partial charge in [0.05, 0.1) is 6.07 Å². The standard InChI is InChI=1S/C9H13N5O3S2/c1-6(2)14(5-4-10)19(16,17)9-13-12-8(18-9)11-7(3)15/h6H,5H2,1-3H3,(H,11,12,15). The molecule has 1 amide bonds. The molecule has 0 saturated heterocycles. The first kappa shape index (κ1) is 15.5. The van der Waals surface area contributed by atoms with Gasteiger partial charge in [-0.05, 0) is 13.8 Å². The summed E-state index contributed by atoms with van der Waals surface area (Å²) >= 11 is 0.747. The number of nitrogens with one attached hydrogen (secondary N) is 1. The van der Waals surface area contributed by atoms with E-state index in [4.69, 9.17) is 5.26 Å². The number of sulfonamides is 1. The van der Waals surface area contributed by atoms with Crippen molar-refractivity contribution in [2.24, 2.45) is 0 Å². The molecule has 8 nitrogen and oxygen atoms in total. The van der Waals surface area contributed by atoms with Crippen molar-refractivity contribution in [3.63, 3.8) is 0 Å². The molecule has 0 aliphatic rings. The third-order valence-corrected chi connectivity index (χ3v) is 5.23. The molecule has 0 aliphatic carbocycles. The van der Waals surface area contributed by atoms with Crippen molar-refractivity contribution >= 4 is 32.4 Å². The predicted molar refractivity (Wildman–Crippen MR) is 68.9 cm³/mol. The minimum atomic E-state index is -3.87. The van der Waals surface area contributed by atoms with E-state index in [-0.39, 0.29) is 28.0 Å². The summed E-state index contributed by atoms with van der Waals surface area (Å²) in [6, 6.07) is 1.42. The third kappa shape index (κ3) is 3.69. The molecule has 0 atom stereocenters. The van der Waals surface area contributed by atoms with Crippen molar-refractivity contribution in [3.8, 4) is 6.07 Å². The van der Waals surface area contributed by atoms with Crippen LogP contribution in [0.15, 0.2) is 4.34 Å². The minimum Gasteiger partial charge on any atom is -0.301 e. The van der Waals surface area contributed by atoms with E-state index < -0.39 is 10.0 Å². The highest BCUT2D eigenvalue weighted by Crippen LogP contribution is 2.24. The lowest BCUT2D eigenvalue weighted by Gasteiger charge is -2.20. The number of hydrogen-bond donors (Lipinski definition) is 1. The van der Waals surface area contributed by atoms with Crippen LogP contribution >= 0.6 is 11.3 Å². The van der Waals surface area contributed by atoms with E-state index in [0.29, 0.717) is 0 Å². The molecule has 1 N–H and O–H groups in total. The molecule has 1 aromatic rings. The van der Waals surface area contributed by atoms with E-state index >= 15 is 0 Å². The molecule has 0 unspecified atom stereocenters. The predicted octanol–water partition coefficient (Wildman–Crippen LogP) is 0.419. The van der Waals surface area contributed by atoms with Crippen LogP contribution in [0.25, 0.3) is 0 Å². The summed E-state index contributed by atoms with van der Waals surface area (Å²) in [6.07, 6.45) is 0. The third-order valence-electron chi connectivity index (χ3n) is 2.02. The van der Waals surface area contributed by atoms with Crippen molar-refractivity contribution in [2.75, 3.05) is 11.9 Å². The molecular formula is C9H13N5O3S2. The Kier molecular flexibility index (Phi) is 4.93. The summed E-state index contributed by atoms with van der Waals surface area (Å²) in [5.41, 5.74) is 0. The zero-order chi connectivity index (χ0) is 14.6. The maximum atomic E-state index is 12.2. The first-order chi connectivity index (χ1) is 8.78. The first-order valence-corrected chi connectivity index (χ1v) is 7.54. The number of aromatic nitrogens is 2. The number of anilines is 1. The molecule has 0 spiro atoms. The van der Waals surface area contributed by atoms with Gasteiger partial charge in [0.15, 0.2) is 0 Å². The average Bonchev–Trinajstić information content (AvgIpc) is 2.73. The van der Waals surface area contributed by atoms with Crippen LogP contribution in [-0.4, -0.2) is 41.4 Å². The van der Waals surface area contributed by atoms with Crippen molar-refractivity contribution in [1.29, 1.82) is 5.26 Å². The van der Waals surface area contributed by atoms with E-state index in [9.17, 15) is 13.2 Å². The van der Waals surface area contributed by atoms with Crippen LogP contribution in [0.4, 0.5) is 5.13 Å². The molecule has 1 heterocycles. The number of carbonyl (C=O) groups is 1. The van der Waals surface area contributed by atoms with Crippen LogP contribution in [0.5, 0.6) is 0 Å². The van der Waals surface area contributed by atoms with Gasteiger partial charge in [0, 0.05) is 13.0 Å². The van der Waals surface area contributed by atoms with Gasteiger partial charge in [-0.15, -0.1) is 10.2 Å². The fourth-order valence-electron chi connectivity index (χ4n) is 1.23. The second-order valence-electron chi connectivity index (χ2n) is 3.86. The van der Waals surface area contributed by atoms with Crippen LogP contribution in [0.2, 0.25) is 0 Å². The van der Waals surface area contributed by atoms with E-state index in [0.717, 1.165) is 15.6 Å². The highest BCUT2D eigenvalue weighted by Gasteiger charge is 2.30. The number of amides is 1. The maximum Gasteiger partial charge on any atom is 0.273 e. The normalized spacial score (nSPS) is 11.6. The van der Waals surface area contributed by atoms with Crippen molar-refractivity contribution in [2.45, 2.75) is 31.2 Å². The first-order valence-electron chi connectivity index (χ1n) is 5.29. The van der Waals surface area contributed by atoms with Gasteiger partial charge >= 0.3 is 0 Å². The number of rotatable bonds is 5. The molecule has 1 rings (SSSR count).